The summed E-state index contributed by atoms with van der Waals surface area (Å²) in [5, 5.41) is 6.73. The molecule has 0 saturated carbocycles. The highest BCUT2D eigenvalue weighted by molar-refractivity contribution is 9.10. The van der Waals surface area contributed by atoms with Crippen LogP contribution in [0.5, 0.6) is 0 Å². The Morgan fingerprint density at radius 1 is 1.03 bits per heavy atom. The fourth-order valence-electron chi connectivity index (χ4n) is 4.11. The van der Waals surface area contributed by atoms with Gasteiger partial charge in [0.05, 0.1) is 5.56 Å². The van der Waals surface area contributed by atoms with Gasteiger partial charge in [0.2, 0.25) is 5.03 Å². The maximum Gasteiger partial charge on any atom is 0.263 e. The lowest BCUT2D eigenvalue weighted by Crippen LogP contribution is -2.49. The summed E-state index contributed by atoms with van der Waals surface area (Å²) in [5.41, 5.74) is 5.10. The molecule has 0 bridgehead atoms. The van der Waals surface area contributed by atoms with Crippen LogP contribution in [0.15, 0.2) is 52.1 Å². The molecular weight excluding hydrogens is 518 g/mol. The molecule has 3 aromatic rings. The molecule has 1 saturated heterocycles. The fraction of sp³-hybridized carbons (Fsp3) is 0.333. The molecule has 1 aromatic heterocycles. The topological polar surface area (TPSA) is 87.5 Å². The number of sulfonamides is 1. The number of carbonyl (C=O) groups excluding carboxylic acids is 1. The largest absolute Gasteiger partial charge is 0.369 e. The van der Waals surface area contributed by atoms with E-state index < -0.39 is 15.9 Å². The summed E-state index contributed by atoms with van der Waals surface area (Å²) < 4.78 is 30.7. The number of amides is 1. The monoisotopic (exact) mass is 545 g/mol. The van der Waals surface area contributed by atoms with E-state index >= 15 is 0 Å². The van der Waals surface area contributed by atoms with Gasteiger partial charge in [0.25, 0.3) is 15.9 Å². The molecule has 0 aliphatic carbocycles. The van der Waals surface area contributed by atoms with E-state index in [1.54, 1.807) is 13.1 Å². The molecule has 34 heavy (non-hydrogen) atoms. The van der Waals surface area contributed by atoms with Crippen LogP contribution >= 0.6 is 15.9 Å². The van der Waals surface area contributed by atoms with Crippen molar-refractivity contribution in [2.45, 2.75) is 25.8 Å². The van der Waals surface area contributed by atoms with Crippen molar-refractivity contribution in [1.29, 1.82) is 0 Å². The average Bonchev–Trinajstić information content (AvgIpc) is 3.21. The molecule has 1 N–H and O–H groups in total. The number of carbonyl (C=O) groups is 1. The third-order valence-corrected chi connectivity index (χ3v) is 8.92. The minimum Gasteiger partial charge on any atom is -0.369 e. The van der Waals surface area contributed by atoms with Crippen molar-refractivity contribution in [3.63, 3.8) is 0 Å². The molecule has 8 nitrogen and oxygen atoms in total. The Morgan fingerprint density at radius 3 is 2.41 bits per heavy atom. The number of nitrogens with zero attached hydrogens (tertiary/aromatic N) is 4. The molecule has 0 spiro atoms. The first-order valence-corrected chi connectivity index (χ1v) is 13.2. The number of piperazine rings is 1. The molecule has 180 valence electrons. The number of anilines is 2. The van der Waals surface area contributed by atoms with Gasteiger partial charge in [0.15, 0.2) is 0 Å². The molecule has 0 unspecified atom stereocenters. The second kappa shape index (κ2) is 9.52. The number of benzene rings is 2. The summed E-state index contributed by atoms with van der Waals surface area (Å²) in [7, 11) is -2.33. The zero-order valence-corrected chi connectivity index (χ0v) is 22.1. The lowest BCUT2D eigenvalue weighted by molar-refractivity contribution is 0.102. The van der Waals surface area contributed by atoms with Crippen LogP contribution in [0.4, 0.5) is 11.4 Å². The van der Waals surface area contributed by atoms with Gasteiger partial charge in [-0.3, -0.25) is 9.48 Å². The van der Waals surface area contributed by atoms with E-state index in [0.717, 1.165) is 15.7 Å². The van der Waals surface area contributed by atoms with E-state index in [0.29, 0.717) is 31.9 Å². The van der Waals surface area contributed by atoms with Gasteiger partial charge in [-0.25, -0.2) is 8.42 Å². The van der Waals surface area contributed by atoms with Crippen LogP contribution in [-0.4, -0.2) is 54.6 Å². The SMILES string of the molecule is Cc1cc(NC(=O)c2cn(C)nc2S(=O)(=O)N2CCN(c3cccc(C)c3C)CC2)ccc1Br. The van der Waals surface area contributed by atoms with Crippen LogP contribution in [0, 0.1) is 20.8 Å². The van der Waals surface area contributed by atoms with Gasteiger partial charge < -0.3 is 10.2 Å². The highest BCUT2D eigenvalue weighted by Gasteiger charge is 2.34. The summed E-state index contributed by atoms with van der Waals surface area (Å²) in [6.45, 7) is 7.84. The smallest absolute Gasteiger partial charge is 0.263 e. The molecule has 4 rings (SSSR count). The Morgan fingerprint density at radius 2 is 1.74 bits per heavy atom. The molecule has 2 heterocycles. The second-order valence-corrected chi connectivity index (χ2v) is 11.3. The van der Waals surface area contributed by atoms with Gasteiger partial charge in [0, 0.05) is 55.3 Å². The summed E-state index contributed by atoms with van der Waals surface area (Å²) in [6.07, 6.45) is 1.44. The zero-order chi connectivity index (χ0) is 24.6. The number of nitrogens with one attached hydrogen (secondary N) is 1. The lowest BCUT2D eigenvalue weighted by atomic mass is 10.1. The van der Waals surface area contributed by atoms with Gasteiger partial charge in [-0.15, -0.1) is 0 Å². The Balaban J connectivity index is 1.53. The third kappa shape index (κ3) is 4.75. The molecule has 2 aromatic carbocycles. The average molecular weight is 546 g/mol. The van der Waals surface area contributed by atoms with Crippen molar-refractivity contribution in [3.8, 4) is 0 Å². The minimum absolute atomic E-state index is 0.0278. The molecule has 1 aliphatic rings. The van der Waals surface area contributed by atoms with Gasteiger partial charge in [0.1, 0.15) is 0 Å². The standard InChI is InChI=1S/C24H28BrN5O3S/c1-16-6-5-7-22(18(16)3)29-10-12-30(13-11-29)34(32,33)24-20(15-28(4)27-24)23(31)26-19-8-9-21(25)17(2)14-19/h5-9,14-15H,10-13H2,1-4H3,(H,26,31). The van der Waals surface area contributed by atoms with Crippen LogP contribution in [0.2, 0.25) is 0 Å². The van der Waals surface area contributed by atoms with Crippen LogP contribution < -0.4 is 10.2 Å². The summed E-state index contributed by atoms with van der Waals surface area (Å²) in [6, 6.07) is 11.6. The van der Waals surface area contributed by atoms with Crippen molar-refractivity contribution in [2.75, 3.05) is 36.4 Å². The zero-order valence-electron chi connectivity index (χ0n) is 19.7. The number of hydrogen-bond acceptors (Lipinski definition) is 5. The Labute approximate surface area is 208 Å². The highest BCUT2D eigenvalue weighted by atomic mass is 79.9. The first kappa shape index (κ1) is 24.4. The quantitative estimate of drug-likeness (QED) is 0.525. The minimum atomic E-state index is -3.94. The maximum atomic E-state index is 13.5. The molecule has 0 radical (unpaired) electrons. The molecule has 10 heteroatoms. The van der Waals surface area contributed by atoms with E-state index in [4.69, 9.17) is 0 Å². The van der Waals surface area contributed by atoms with Gasteiger partial charge in [-0.1, -0.05) is 28.1 Å². The van der Waals surface area contributed by atoms with E-state index in [-0.39, 0.29) is 10.6 Å². The van der Waals surface area contributed by atoms with E-state index in [1.807, 2.05) is 25.1 Å². The predicted molar refractivity (Wildman–Crippen MR) is 137 cm³/mol. The first-order valence-electron chi connectivity index (χ1n) is 11.0. The van der Waals surface area contributed by atoms with Gasteiger partial charge in [-0.05, 0) is 61.7 Å². The lowest BCUT2D eigenvalue weighted by Gasteiger charge is -2.36. The van der Waals surface area contributed by atoms with E-state index in [1.165, 1.54) is 26.3 Å². The summed E-state index contributed by atoms with van der Waals surface area (Å²) in [5.74, 6) is -0.512. The van der Waals surface area contributed by atoms with Crippen molar-refractivity contribution in [1.82, 2.24) is 14.1 Å². The molecule has 1 fully saturated rings. The van der Waals surface area contributed by atoms with Crippen LogP contribution in [-0.2, 0) is 17.1 Å². The third-order valence-electron chi connectivity index (χ3n) is 6.19. The number of rotatable bonds is 5. The van der Waals surface area contributed by atoms with Crippen LogP contribution in [0.25, 0.3) is 0 Å². The molecule has 1 amide bonds. The van der Waals surface area contributed by atoms with Gasteiger partial charge >= 0.3 is 0 Å². The van der Waals surface area contributed by atoms with E-state index in [9.17, 15) is 13.2 Å². The number of aromatic nitrogens is 2. The number of hydrogen-bond donors (Lipinski definition) is 1. The number of halogens is 1. The molecule has 0 atom stereocenters. The van der Waals surface area contributed by atoms with E-state index in [2.05, 4.69) is 57.2 Å². The van der Waals surface area contributed by atoms with Crippen molar-refractivity contribution in [2.24, 2.45) is 7.05 Å². The Hall–Kier alpha value is -2.69. The van der Waals surface area contributed by atoms with Gasteiger partial charge in [-0.2, -0.15) is 9.40 Å². The molecule has 1 aliphatic heterocycles. The fourth-order valence-corrected chi connectivity index (χ4v) is 5.90. The number of aryl methyl sites for hydroxylation is 3. The van der Waals surface area contributed by atoms with Crippen molar-refractivity contribution < 1.29 is 13.2 Å². The van der Waals surface area contributed by atoms with Crippen LogP contribution in [0.1, 0.15) is 27.0 Å². The van der Waals surface area contributed by atoms with Crippen LogP contribution in [0.3, 0.4) is 0 Å². The highest BCUT2D eigenvalue weighted by Crippen LogP contribution is 2.27. The molecular formula is C24H28BrN5O3S. The Bertz CT molecular complexity index is 1340. The summed E-state index contributed by atoms with van der Waals surface area (Å²) >= 11 is 3.44. The van der Waals surface area contributed by atoms with Crippen molar-refractivity contribution >= 4 is 43.2 Å². The second-order valence-electron chi connectivity index (χ2n) is 8.55. The normalized spacial score (nSPS) is 14.9. The first-order chi connectivity index (χ1) is 16.1. The maximum absolute atomic E-state index is 13.5. The summed E-state index contributed by atoms with van der Waals surface area (Å²) in [4.78, 5) is 15.2. The van der Waals surface area contributed by atoms with Crippen molar-refractivity contribution in [3.05, 3.63) is 69.3 Å². The Kier molecular flexibility index (Phi) is 6.84. The predicted octanol–water partition coefficient (Wildman–Crippen LogP) is 3.87.